The molecule has 1 heteroatoms. The van der Waals surface area contributed by atoms with Crippen LogP contribution in [0.2, 0.25) is 0 Å². The summed E-state index contributed by atoms with van der Waals surface area (Å²) >= 11 is 0. The second-order valence-electron chi connectivity index (χ2n) is 0.667. The van der Waals surface area contributed by atoms with Gasteiger partial charge in [0.15, 0.2) is 0 Å². The summed E-state index contributed by atoms with van der Waals surface area (Å²) in [4.78, 5) is 0. The maximum Gasteiger partial charge on any atom is 0 e. The largest absolute Gasteiger partial charge is 0.0919 e. The second-order valence-corrected chi connectivity index (χ2v) is 0.667. The molecule has 0 unspecified atom stereocenters. The van der Waals surface area contributed by atoms with E-state index >= 15 is 0 Å². The van der Waals surface area contributed by atoms with Gasteiger partial charge in [-0.2, -0.15) is 0 Å². The second kappa shape index (κ2) is 29.2. The Kier molecular flexibility index (Phi) is 65.4. The molecule has 0 aromatic heterocycles. The van der Waals surface area contributed by atoms with E-state index in [1.165, 1.54) is 0 Å². The molecule has 42 valence electrons. The Morgan fingerprint density at radius 1 is 0.857 bits per heavy atom. The summed E-state index contributed by atoms with van der Waals surface area (Å²) in [6.07, 6.45) is 4.00. The molecule has 0 heterocycles. The van der Waals surface area contributed by atoms with Crippen LogP contribution >= 0.6 is 0 Å². The first kappa shape index (κ1) is 15.7. The molecular weight excluding hydrogens is 310 g/mol. The van der Waals surface area contributed by atoms with Gasteiger partial charge >= 0.3 is 0 Å². The molecule has 7 heavy (non-hydrogen) atoms. The fraction of sp³-hybridized carbons (Fsp3) is 0.667. The zero-order chi connectivity index (χ0) is 5.41. The summed E-state index contributed by atoms with van der Waals surface area (Å²) in [5.41, 5.74) is 0. The van der Waals surface area contributed by atoms with Gasteiger partial charge in [-0.25, -0.2) is 0 Å². The Hall–Kier alpha value is 0.792. The van der Waals surface area contributed by atoms with Crippen LogP contribution in [0.4, 0.5) is 0 Å². The maximum atomic E-state index is 2.00. The van der Waals surface area contributed by atoms with Crippen molar-refractivity contribution in [2.24, 2.45) is 0 Å². The average molecular weight is 324 g/mol. The van der Waals surface area contributed by atoms with E-state index in [0.717, 1.165) is 0 Å². The number of allylic oxidation sites excluding steroid dienone is 2. The maximum absolute atomic E-state index is 2.00. The van der Waals surface area contributed by atoms with Crippen molar-refractivity contribution in [3.8, 4) is 0 Å². The summed E-state index contributed by atoms with van der Waals surface area (Å²) < 4.78 is 0. The van der Waals surface area contributed by atoms with Gasteiger partial charge in [0.05, 0.1) is 0 Å². The van der Waals surface area contributed by atoms with Gasteiger partial charge in [-0.15, -0.1) is 0 Å². The van der Waals surface area contributed by atoms with E-state index in [9.17, 15) is 0 Å². The minimum absolute atomic E-state index is 0. The molecule has 0 aliphatic carbocycles. The van der Waals surface area contributed by atoms with Crippen LogP contribution < -0.4 is 0 Å². The third kappa shape index (κ3) is 48.6. The van der Waals surface area contributed by atoms with E-state index in [-0.39, 0.29) is 31.1 Å². The minimum Gasteiger partial charge on any atom is -0.0919 e. The van der Waals surface area contributed by atoms with E-state index in [1.54, 1.807) is 0 Å². The van der Waals surface area contributed by atoms with Crippen LogP contribution in [0, 0.1) is 31.1 Å². The summed E-state index contributed by atoms with van der Waals surface area (Å²) in [5.74, 6) is 0. The Bertz CT molecular complexity index is 19.4. The first-order valence-corrected chi connectivity index (χ1v) is 2.49. The number of hydrogen-bond donors (Lipinski definition) is 0. The third-order valence-corrected chi connectivity index (χ3v) is 0.333. The molecule has 0 nitrogen and oxygen atoms in total. The first-order chi connectivity index (χ1) is 2.91. The standard InChI is InChI=1S/C4H8.C2H6.U/c1-3-4-2;1-2;/h3-4H,1-2H3;1-2H3;/b4-3-;;. The van der Waals surface area contributed by atoms with Crippen LogP contribution in [0.5, 0.6) is 0 Å². The van der Waals surface area contributed by atoms with E-state index < -0.39 is 0 Å². The number of rotatable bonds is 0. The Morgan fingerprint density at radius 2 is 1.00 bits per heavy atom. The molecule has 0 radical (unpaired) electrons. The monoisotopic (exact) mass is 324 g/mol. The average Bonchev–Trinajstić information content (AvgIpc) is 1.72. The molecule has 0 spiro atoms. The van der Waals surface area contributed by atoms with E-state index in [4.69, 9.17) is 0 Å². The van der Waals surface area contributed by atoms with Crippen molar-refractivity contribution in [2.75, 3.05) is 0 Å². The van der Waals surface area contributed by atoms with Gasteiger partial charge in [-0.3, -0.25) is 0 Å². The molecule has 0 rings (SSSR count). The zero-order valence-electron chi connectivity index (χ0n) is 5.65. The molecule has 0 fully saturated rings. The van der Waals surface area contributed by atoms with Gasteiger partial charge in [-0.05, 0) is 13.8 Å². The van der Waals surface area contributed by atoms with Crippen molar-refractivity contribution < 1.29 is 31.1 Å². The van der Waals surface area contributed by atoms with Crippen LogP contribution in [-0.4, -0.2) is 0 Å². The van der Waals surface area contributed by atoms with Crippen molar-refractivity contribution in [3.63, 3.8) is 0 Å². The van der Waals surface area contributed by atoms with Crippen molar-refractivity contribution in [2.45, 2.75) is 27.7 Å². The predicted octanol–water partition coefficient (Wildman–Crippen LogP) is 2.61. The van der Waals surface area contributed by atoms with E-state index in [0.29, 0.717) is 0 Å². The molecule has 0 saturated heterocycles. The van der Waals surface area contributed by atoms with Gasteiger partial charge in [0.2, 0.25) is 0 Å². The van der Waals surface area contributed by atoms with E-state index in [1.807, 2.05) is 39.8 Å². The molecule has 0 amide bonds. The van der Waals surface area contributed by atoms with Crippen molar-refractivity contribution in [1.29, 1.82) is 0 Å². The van der Waals surface area contributed by atoms with Crippen LogP contribution in [0.1, 0.15) is 27.7 Å². The zero-order valence-corrected chi connectivity index (χ0v) is 9.82. The molecule has 0 aliphatic rings. The minimum atomic E-state index is 0. The predicted molar refractivity (Wildman–Crippen MR) is 31.8 cm³/mol. The quantitative estimate of drug-likeness (QED) is 0.601. The molecule has 0 aromatic rings. The topological polar surface area (TPSA) is 0 Å². The molecular formula is C6H14U. The van der Waals surface area contributed by atoms with Crippen molar-refractivity contribution in [3.05, 3.63) is 12.2 Å². The summed E-state index contributed by atoms with van der Waals surface area (Å²) in [5, 5.41) is 0. The van der Waals surface area contributed by atoms with Gasteiger partial charge in [0.1, 0.15) is 0 Å². The van der Waals surface area contributed by atoms with Crippen LogP contribution in [0.15, 0.2) is 12.2 Å². The Balaban J connectivity index is -0.0000000480. The van der Waals surface area contributed by atoms with E-state index in [2.05, 4.69) is 0 Å². The summed E-state index contributed by atoms with van der Waals surface area (Å²) in [6.45, 7) is 8.00. The fourth-order valence-electron chi connectivity index (χ4n) is 0. The Labute approximate surface area is 70.8 Å². The Morgan fingerprint density at radius 3 is 1.00 bits per heavy atom. The van der Waals surface area contributed by atoms with Gasteiger partial charge in [0.25, 0.3) is 0 Å². The number of hydrogen-bond acceptors (Lipinski definition) is 0. The summed E-state index contributed by atoms with van der Waals surface area (Å²) in [7, 11) is 0. The van der Waals surface area contributed by atoms with Crippen LogP contribution in [0.25, 0.3) is 0 Å². The fourth-order valence-corrected chi connectivity index (χ4v) is 0. The van der Waals surface area contributed by atoms with Crippen molar-refractivity contribution in [1.82, 2.24) is 0 Å². The van der Waals surface area contributed by atoms with Gasteiger partial charge in [-0.1, -0.05) is 26.0 Å². The van der Waals surface area contributed by atoms with Gasteiger partial charge in [0, 0.05) is 31.1 Å². The molecule has 0 N–H and O–H groups in total. The van der Waals surface area contributed by atoms with Crippen LogP contribution in [0.3, 0.4) is 0 Å². The molecule has 0 atom stereocenters. The van der Waals surface area contributed by atoms with Crippen molar-refractivity contribution >= 4 is 0 Å². The first-order valence-electron chi connectivity index (χ1n) is 2.49. The smallest absolute Gasteiger partial charge is 0 e. The molecule has 0 bridgehead atoms. The molecule has 0 aromatic carbocycles. The SMILES string of the molecule is C/C=C\C.CC.[U]. The summed E-state index contributed by atoms with van der Waals surface area (Å²) in [6, 6.07) is 0. The third-order valence-electron chi connectivity index (χ3n) is 0.333. The van der Waals surface area contributed by atoms with Gasteiger partial charge < -0.3 is 0 Å². The normalized spacial score (nSPS) is 6.29. The van der Waals surface area contributed by atoms with Crippen LogP contribution in [-0.2, 0) is 0 Å². The molecule has 0 aliphatic heterocycles. The molecule has 0 saturated carbocycles.